The highest BCUT2D eigenvalue weighted by Crippen LogP contribution is 2.28. The molecule has 6 heteroatoms. The Labute approximate surface area is 100 Å². The number of H-pyrrole nitrogens is 1. The molecule has 0 amide bonds. The minimum Gasteiger partial charge on any atom is -0.506 e. The highest BCUT2D eigenvalue weighted by atomic mass is 16.5. The summed E-state index contributed by atoms with van der Waals surface area (Å²) in [5.74, 6) is -1.28. The number of aromatic amines is 1. The predicted molar refractivity (Wildman–Crippen MR) is 62.4 cm³/mol. The molecule has 0 aliphatic heterocycles. The van der Waals surface area contributed by atoms with Gasteiger partial charge in [0.2, 0.25) is 5.76 Å². The molecule has 2 heterocycles. The topological polar surface area (TPSA) is 99.3 Å². The van der Waals surface area contributed by atoms with Crippen LogP contribution < -0.4 is 0 Å². The molecular weight excluding hydrogens is 236 g/mol. The fourth-order valence-electron chi connectivity index (χ4n) is 1.78. The Morgan fingerprint density at radius 2 is 2.17 bits per heavy atom. The van der Waals surface area contributed by atoms with Crippen LogP contribution in [0, 0.1) is 0 Å². The summed E-state index contributed by atoms with van der Waals surface area (Å²) < 4.78 is 4.67. The predicted octanol–water partition coefficient (Wildman–Crippen LogP) is 2.23. The van der Waals surface area contributed by atoms with Gasteiger partial charge in [0.1, 0.15) is 11.4 Å². The molecule has 0 unspecified atom stereocenters. The van der Waals surface area contributed by atoms with Crippen molar-refractivity contribution in [3.8, 4) is 17.1 Å². The van der Waals surface area contributed by atoms with E-state index < -0.39 is 5.97 Å². The summed E-state index contributed by atoms with van der Waals surface area (Å²) in [6.07, 6.45) is 0. The van der Waals surface area contributed by atoms with Gasteiger partial charge in [-0.2, -0.15) is 0 Å². The van der Waals surface area contributed by atoms with Gasteiger partial charge in [0.05, 0.1) is 11.2 Å². The number of phenols is 1. The van der Waals surface area contributed by atoms with Crippen molar-refractivity contribution in [2.45, 2.75) is 0 Å². The average Bonchev–Trinajstić information content (AvgIpc) is 2.95. The van der Waals surface area contributed by atoms with Crippen LogP contribution in [0.3, 0.4) is 0 Å². The number of aromatic hydroxyl groups is 1. The summed E-state index contributed by atoms with van der Waals surface area (Å²) in [5, 5.41) is 22.9. The summed E-state index contributed by atoms with van der Waals surface area (Å²) in [6, 6.07) is 8.20. The van der Waals surface area contributed by atoms with E-state index in [0.717, 1.165) is 5.39 Å². The number of nitrogens with zero attached hydrogens (tertiary/aromatic N) is 1. The Morgan fingerprint density at radius 1 is 1.33 bits per heavy atom. The van der Waals surface area contributed by atoms with Gasteiger partial charge in [-0.1, -0.05) is 17.3 Å². The zero-order chi connectivity index (χ0) is 12.7. The first-order valence-corrected chi connectivity index (χ1v) is 5.16. The standard InChI is InChI=1S/C12H8N2O4/c15-9-3-1-2-6-4-7(13-11(6)9)8-5-10(12(16)17)18-14-8/h1-5,13,15H,(H,16,17). The Morgan fingerprint density at radius 3 is 2.83 bits per heavy atom. The zero-order valence-electron chi connectivity index (χ0n) is 9.04. The van der Waals surface area contributed by atoms with Crippen molar-refractivity contribution in [3.05, 3.63) is 36.1 Å². The highest BCUT2D eigenvalue weighted by Gasteiger charge is 2.14. The number of para-hydroxylation sites is 1. The van der Waals surface area contributed by atoms with Gasteiger partial charge in [-0.05, 0) is 12.1 Å². The minimum absolute atomic E-state index is 0.126. The van der Waals surface area contributed by atoms with Gasteiger partial charge in [-0.25, -0.2) is 4.79 Å². The van der Waals surface area contributed by atoms with E-state index in [1.165, 1.54) is 6.07 Å². The van der Waals surface area contributed by atoms with Gasteiger partial charge >= 0.3 is 5.97 Å². The maximum Gasteiger partial charge on any atom is 0.374 e. The van der Waals surface area contributed by atoms with Crippen molar-refractivity contribution >= 4 is 16.9 Å². The van der Waals surface area contributed by atoms with Crippen LogP contribution >= 0.6 is 0 Å². The van der Waals surface area contributed by atoms with Crippen molar-refractivity contribution in [1.29, 1.82) is 0 Å². The second-order valence-electron chi connectivity index (χ2n) is 3.81. The third-order valence-electron chi connectivity index (χ3n) is 2.63. The molecule has 0 saturated carbocycles. The summed E-state index contributed by atoms with van der Waals surface area (Å²) in [4.78, 5) is 13.7. The number of hydrogen-bond acceptors (Lipinski definition) is 4. The van der Waals surface area contributed by atoms with Crippen LogP contribution in [0.4, 0.5) is 0 Å². The second-order valence-corrected chi connectivity index (χ2v) is 3.81. The SMILES string of the molecule is O=C(O)c1cc(-c2cc3cccc(O)c3[nH]2)no1. The fourth-order valence-corrected chi connectivity index (χ4v) is 1.78. The molecule has 0 bridgehead atoms. The Kier molecular flexibility index (Phi) is 2.09. The number of carboxylic acid groups (broad SMARTS) is 1. The van der Waals surface area contributed by atoms with E-state index in [4.69, 9.17) is 5.11 Å². The van der Waals surface area contributed by atoms with Crippen LogP contribution in [0.15, 0.2) is 34.9 Å². The van der Waals surface area contributed by atoms with E-state index in [1.807, 2.05) is 6.07 Å². The molecule has 0 spiro atoms. The molecule has 3 aromatic rings. The normalized spacial score (nSPS) is 10.9. The number of hydrogen-bond donors (Lipinski definition) is 3. The van der Waals surface area contributed by atoms with Gasteiger partial charge in [0.25, 0.3) is 0 Å². The van der Waals surface area contributed by atoms with E-state index in [2.05, 4.69) is 14.7 Å². The van der Waals surface area contributed by atoms with E-state index >= 15 is 0 Å². The van der Waals surface area contributed by atoms with Crippen LogP contribution in [0.2, 0.25) is 0 Å². The Balaban J connectivity index is 2.13. The molecule has 3 rings (SSSR count). The first kappa shape index (κ1) is 10.4. The van der Waals surface area contributed by atoms with Crippen LogP contribution in [0.5, 0.6) is 5.75 Å². The smallest absolute Gasteiger partial charge is 0.374 e. The molecule has 0 aliphatic carbocycles. The summed E-state index contributed by atoms with van der Waals surface area (Å²) >= 11 is 0. The third-order valence-corrected chi connectivity index (χ3v) is 2.63. The largest absolute Gasteiger partial charge is 0.506 e. The first-order chi connectivity index (χ1) is 8.65. The number of rotatable bonds is 2. The molecular formula is C12H8N2O4. The van der Waals surface area contributed by atoms with Crippen molar-refractivity contribution in [2.75, 3.05) is 0 Å². The van der Waals surface area contributed by atoms with Gasteiger partial charge in [-0.3, -0.25) is 0 Å². The zero-order valence-corrected chi connectivity index (χ0v) is 9.04. The van der Waals surface area contributed by atoms with Crippen LogP contribution in [-0.2, 0) is 0 Å². The molecule has 18 heavy (non-hydrogen) atoms. The van der Waals surface area contributed by atoms with E-state index in [0.29, 0.717) is 16.9 Å². The number of carbonyl (C=O) groups is 1. The Bertz CT molecular complexity index is 741. The van der Waals surface area contributed by atoms with Crippen LogP contribution in [0.1, 0.15) is 10.6 Å². The molecule has 0 saturated heterocycles. The van der Waals surface area contributed by atoms with E-state index in [9.17, 15) is 9.90 Å². The molecule has 6 nitrogen and oxygen atoms in total. The van der Waals surface area contributed by atoms with Gasteiger partial charge in [0, 0.05) is 11.5 Å². The molecule has 0 atom stereocenters. The monoisotopic (exact) mass is 244 g/mol. The molecule has 90 valence electrons. The van der Waals surface area contributed by atoms with Crippen molar-refractivity contribution in [1.82, 2.24) is 10.1 Å². The Hall–Kier alpha value is -2.76. The van der Waals surface area contributed by atoms with E-state index in [1.54, 1.807) is 18.2 Å². The maximum atomic E-state index is 10.7. The number of nitrogens with one attached hydrogen (secondary N) is 1. The lowest BCUT2D eigenvalue weighted by Crippen LogP contribution is -1.91. The summed E-state index contributed by atoms with van der Waals surface area (Å²) in [6.45, 7) is 0. The number of fused-ring (bicyclic) bond motifs is 1. The number of benzene rings is 1. The quantitative estimate of drug-likeness (QED) is 0.641. The van der Waals surface area contributed by atoms with Crippen LogP contribution in [0.25, 0.3) is 22.3 Å². The lowest BCUT2D eigenvalue weighted by molar-refractivity contribution is 0.0652. The minimum atomic E-state index is -1.17. The number of aromatic carboxylic acids is 1. The van der Waals surface area contributed by atoms with Crippen molar-refractivity contribution in [3.63, 3.8) is 0 Å². The molecule has 1 aromatic carbocycles. The molecule has 0 fully saturated rings. The molecule has 0 aliphatic rings. The lowest BCUT2D eigenvalue weighted by atomic mass is 10.2. The average molecular weight is 244 g/mol. The van der Waals surface area contributed by atoms with Crippen molar-refractivity contribution < 1.29 is 19.5 Å². The molecule has 0 radical (unpaired) electrons. The van der Waals surface area contributed by atoms with Crippen LogP contribution in [-0.4, -0.2) is 26.3 Å². The van der Waals surface area contributed by atoms with Gasteiger partial charge in [0.15, 0.2) is 0 Å². The molecule has 3 N–H and O–H groups in total. The van der Waals surface area contributed by atoms with E-state index in [-0.39, 0.29) is 11.5 Å². The fraction of sp³-hybridized carbons (Fsp3) is 0. The van der Waals surface area contributed by atoms with Crippen molar-refractivity contribution in [2.24, 2.45) is 0 Å². The number of carboxylic acids is 1. The highest BCUT2D eigenvalue weighted by molar-refractivity contribution is 5.90. The maximum absolute atomic E-state index is 10.7. The molecule has 2 aromatic heterocycles. The van der Waals surface area contributed by atoms with Gasteiger partial charge in [-0.15, -0.1) is 0 Å². The number of phenolic OH excluding ortho intramolecular Hbond substituents is 1. The second kappa shape index (κ2) is 3.63. The lowest BCUT2D eigenvalue weighted by Gasteiger charge is -1.92. The van der Waals surface area contributed by atoms with Gasteiger partial charge < -0.3 is 19.7 Å². The first-order valence-electron chi connectivity index (χ1n) is 5.16. The summed E-state index contributed by atoms with van der Waals surface area (Å²) in [5.41, 5.74) is 1.54. The summed E-state index contributed by atoms with van der Waals surface area (Å²) in [7, 11) is 0. The number of aromatic nitrogens is 2. The third kappa shape index (κ3) is 1.51.